The van der Waals surface area contributed by atoms with Crippen LogP contribution in [0.1, 0.15) is 65.2 Å². The van der Waals surface area contributed by atoms with Crippen molar-refractivity contribution in [2.45, 2.75) is 65.2 Å². The number of rotatable bonds is 11. The molecule has 6 nitrogen and oxygen atoms in total. The summed E-state index contributed by atoms with van der Waals surface area (Å²) in [5.74, 6) is -0.957. The molecule has 0 saturated carbocycles. The van der Waals surface area contributed by atoms with Crippen LogP contribution in [0.5, 0.6) is 17.2 Å². The Kier molecular flexibility index (Phi) is 8.17. The second-order valence-corrected chi connectivity index (χ2v) is 6.62. The number of unbranched alkanes of at least 4 members (excludes halogenated alkanes) is 7. The monoisotopic (exact) mass is 376 g/mol. The van der Waals surface area contributed by atoms with E-state index in [-0.39, 0.29) is 28.2 Å². The van der Waals surface area contributed by atoms with Gasteiger partial charge in [-0.05, 0) is 18.6 Å². The van der Waals surface area contributed by atoms with Crippen LogP contribution < -0.4 is 15.1 Å². The molecular formula is C21H28O6. The van der Waals surface area contributed by atoms with Gasteiger partial charge in [-0.25, -0.2) is 4.79 Å². The minimum absolute atomic E-state index is 0.0228. The van der Waals surface area contributed by atoms with E-state index in [1.165, 1.54) is 45.1 Å². The molecule has 0 amide bonds. The fourth-order valence-electron chi connectivity index (χ4n) is 2.94. The number of para-hydroxylation sites is 1. The van der Waals surface area contributed by atoms with E-state index in [9.17, 15) is 14.7 Å². The normalized spacial score (nSPS) is 10.9. The summed E-state index contributed by atoms with van der Waals surface area (Å²) in [6, 6.07) is 4.67. The molecule has 0 spiro atoms. The molecule has 1 aromatic heterocycles. The molecule has 27 heavy (non-hydrogen) atoms. The molecule has 0 aliphatic rings. The van der Waals surface area contributed by atoms with Gasteiger partial charge in [0.25, 0.3) is 0 Å². The lowest BCUT2D eigenvalue weighted by molar-refractivity contribution is -0.131. The third-order valence-electron chi connectivity index (χ3n) is 4.33. The number of aromatic hydroxyl groups is 1. The number of ether oxygens (including phenoxy) is 2. The van der Waals surface area contributed by atoms with Gasteiger partial charge in [0.2, 0.25) is 5.75 Å². The van der Waals surface area contributed by atoms with Crippen LogP contribution in [-0.2, 0) is 4.79 Å². The maximum atomic E-state index is 12.2. The fourth-order valence-corrected chi connectivity index (χ4v) is 2.94. The second kappa shape index (κ2) is 10.6. The van der Waals surface area contributed by atoms with Crippen molar-refractivity contribution in [1.29, 1.82) is 0 Å². The standard InChI is InChI=1S/C21H28O6/c1-3-4-5-6-7-8-9-10-14-25-20-18(23)16-12-11-13-17(26-15(2)22)19(16)27-21(20)24/h11-13,23H,3-10,14H2,1-2H3. The van der Waals surface area contributed by atoms with Gasteiger partial charge in [-0.15, -0.1) is 0 Å². The average molecular weight is 376 g/mol. The zero-order valence-electron chi connectivity index (χ0n) is 16.1. The number of hydrogen-bond acceptors (Lipinski definition) is 6. The van der Waals surface area contributed by atoms with Crippen molar-refractivity contribution in [2.75, 3.05) is 6.61 Å². The van der Waals surface area contributed by atoms with Crippen molar-refractivity contribution >= 4 is 16.9 Å². The van der Waals surface area contributed by atoms with Crippen LogP contribution in [0.4, 0.5) is 0 Å². The van der Waals surface area contributed by atoms with Gasteiger partial charge < -0.3 is 19.0 Å². The number of benzene rings is 1. The van der Waals surface area contributed by atoms with Gasteiger partial charge in [-0.1, -0.05) is 57.9 Å². The summed E-state index contributed by atoms with van der Waals surface area (Å²) in [7, 11) is 0. The Balaban J connectivity index is 1.95. The van der Waals surface area contributed by atoms with Crippen LogP contribution in [0, 0.1) is 0 Å². The van der Waals surface area contributed by atoms with E-state index >= 15 is 0 Å². The first kappa shape index (κ1) is 20.8. The summed E-state index contributed by atoms with van der Waals surface area (Å²) >= 11 is 0. The van der Waals surface area contributed by atoms with Gasteiger partial charge >= 0.3 is 11.6 Å². The topological polar surface area (TPSA) is 86.0 Å². The van der Waals surface area contributed by atoms with Crippen molar-refractivity contribution in [3.63, 3.8) is 0 Å². The van der Waals surface area contributed by atoms with Crippen LogP contribution in [-0.4, -0.2) is 17.7 Å². The first-order valence-corrected chi connectivity index (χ1v) is 9.64. The molecule has 2 aromatic rings. The number of carbonyl (C=O) groups excluding carboxylic acids is 1. The highest BCUT2D eigenvalue weighted by Gasteiger charge is 2.18. The Labute approximate surface area is 159 Å². The molecule has 1 N–H and O–H groups in total. The number of esters is 1. The van der Waals surface area contributed by atoms with E-state index in [0.717, 1.165) is 19.3 Å². The lowest BCUT2D eigenvalue weighted by atomic mass is 10.1. The quantitative estimate of drug-likeness (QED) is 0.259. The molecule has 0 fully saturated rings. The minimum atomic E-state index is -0.792. The molecule has 1 heterocycles. The van der Waals surface area contributed by atoms with Crippen molar-refractivity contribution in [2.24, 2.45) is 0 Å². The largest absolute Gasteiger partial charge is 0.504 e. The maximum Gasteiger partial charge on any atom is 0.383 e. The highest BCUT2D eigenvalue weighted by molar-refractivity contribution is 5.90. The molecule has 0 unspecified atom stereocenters. The zero-order valence-corrected chi connectivity index (χ0v) is 16.1. The smallest absolute Gasteiger partial charge is 0.383 e. The molecule has 0 radical (unpaired) electrons. The second-order valence-electron chi connectivity index (χ2n) is 6.62. The Bertz CT molecular complexity index is 808. The lowest BCUT2D eigenvalue weighted by Gasteiger charge is -2.10. The van der Waals surface area contributed by atoms with Gasteiger partial charge in [0.05, 0.1) is 12.0 Å². The van der Waals surface area contributed by atoms with E-state index in [4.69, 9.17) is 13.9 Å². The van der Waals surface area contributed by atoms with Crippen molar-refractivity contribution in [1.82, 2.24) is 0 Å². The lowest BCUT2D eigenvalue weighted by Crippen LogP contribution is -2.09. The third-order valence-corrected chi connectivity index (χ3v) is 4.33. The summed E-state index contributed by atoms with van der Waals surface area (Å²) < 4.78 is 15.7. The molecule has 2 rings (SSSR count). The van der Waals surface area contributed by atoms with E-state index in [1.54, 1.807) is 12.1 Å². The molecule has 0 saturated heterocycles. The first-order valence-electron chi connectivity index (χ1n) is 9.64. The highest BCUT2D eigenvalue weighted by Crippen LogP contribution is 2.35. The first-order chi connectivity index (χ1) is 13.0. The summed E-state index contributed by atoms with van der Waals surface area (Å²) in [6.45, 7) is 3.79. The van der Waals surface area contributed by atoms with Gasteiger partial charge in [0, 0.05) is 6.92 Å². The molecule has 0 aliphatic carbocycles. The van der Waals surface area contributed by atoms with Crippen LogP contribution in [0.2, 0.25) is 0 Å². The third kappa shape index (κ3) is 6.01. The van der Waals surface area contributed by atoms with Crippen LogP contribution in [0.3, 0.4) is 0 Å². The van der Waals surface area contributed by atoms with Gasteiger partial charge in [0.1, 0.15) is 0 Å². The molecule has 1 aromatic carbocycles. The molecule has 0 bridgehead atoms. The fraction of sp³-hybridized carbons (Fsp3) is 0.524. The summed E-state index contributed by atoms with van der Waals surface area (Å²) in [5, 5.41) is 10.6. The van der Waals surface area contributed by atoms with Crippen molar-refractivity contribution in [3.05, 3.63) is 28.6 Å². The van der Waals surface area contributed by atoms with E-state index in [0.29, 0.717) is 6.61 Å². The summed E-state index contributed by atoms with van der Waals surface area (Å²) in [5.41, 5.74) is -0.770. The van der Waals surface area contributed by atoms with Crippen molar-refractivity contribution < 1.29 is 23.8 Å². The summed E-state index contributed by atoms with van der Waals surface area (Å²) in [4.78, 5) is 23.3. The number of carbonyl (C=O) groups is 1. The predicted octanol–water partition coefficient (Wildman–Crippen LogP) is 4.94. The Morgan fingerprint density at radius 2 is 1.74 bits per heavy atom. The molecular weight excluding hydrogens is 348 g/mol. The van der Waals surface area contributed by atoms with Crippen LogP contribution in [0.15, 0.2) is 27.4 Å². The molecule has 0 aliphatic heterocycles. The van der Waals surface area contributed by atoms with Gasteiger partial charge in [-0.2, -0.15) is 0 Å². The average Bonchev–Trinajstić information content (AvgIpc) is 2.63. The van der Waals surface area contributed by atoms with E-state index in [1.807, 2.05) is 0 Å². The zero-order chi connectivity index (χ0) is 19.6. The van der Waals surface area contributed by atoms with E-state index < -0.39 is 11.6 Å². The Morgan fingerprint density at radius 3 is 2.41 bits per heavy atom. The van der Waals surface area contributed by atoms with Crippen molar-refractivity contribution in [3.8, 4) is 17.2 Å². The number of hydrogen-bond donors (Lipinski definition) is 1. The Hall–Kier alpha value is -2.50. The minimum Gasteiger partial charge on any atom is -0.504 e. The van der Waals surface area contributed by atoms with Crippen LogP contribution >= 0.6 is 0 Å². The Morgan fingerprint density at radius 1 is 1.07 bits per heavy atom. The predicted molar refractivity (Wildman–Crippen MR) is 104 cm³/mol. The van der Waals surface area contributed by atoms with Gasteiger partial charge in [0.15, 0.2) is 17.1 Å². The SMILES string of the molecule is CCCCCCCCCCOc1c(O)c2cccc(OC(C)=O)c2oc1=O. The summed E-state index contributed by atoms with van der Waals surface area (Å²) in [6.07, 6.45) is 9.25. The molecule has 6 heteroatoms. The van der Waals surface area contributed by atoms with Crippen LogP contribution in [0.25, 0.3) is 11.0 Å². The highest BCUT2D eigenvalue weighted by atomic mass is 16.5. The van der Waals surface area contributed by atoms with E-state index in [2.05, 4.69) is 6.92 Å². The maximum absolute atomic E-state index is 12.2. The number of fused-ring (bicyclic) bond motifs is 1. The molecule has 0 atom stereocenters. The van der Waals surface area contributed by atoms with Gasteiger partial charge in [-0.3, -0.25) is 4.79 Å². The molecule has 148 valence electrons.